The zero-order valence-corrected chi connectivity index (χ0v) is 12.8. The predicted octanol–water partition coefficient (Wildman–Crippen LogP) is 4.32. The Morgan fingerprint density at radius 1 is 1.29 bits per heavy atom. The smallest absolute Gasteiger partial charge is 0.140 e. The van der Waals surface area contributed by atoms with E-state index in [1.165, 1.54) is 0 Å². The minimum Gasteiger partial charge on any atom is -0.236 e. The van der Waals surface area contributed by atoms with Gasteiger partial charge in [0, 0.05) is 5.41 Å². The number of thioether (sulfide) groups is 1. The largest absolute Gasteiger partial charge is 0.236 e. The molecule has 0 fully saturated rings. The Kier molecular flexibility index (Phi) is 5.26. The first-order chi connectivity index (χ1) is 7.79. The highest BCUT2D eigenvalue weighted by Gasteiger charge is 2.17. The molecule has 2 nitrogen and oxygen atoms in total. The van der Waals surface area contributed by atoms with Crippen molar-refractivity contribution in [3.8, 4) is 0 Å². The Bertz CT molecular complexity index is 372. The summed E-state index contributed by atoms with van der Waals surface area (Å²) in [6.45, 7) is 10.8. The number of halogens is 1. The van der Waals surface area contributed by atoms with Gasteiger partial charge in [-0.15, -0.1) is 0 Å². The molecule has 1 aromatic rings. The van der Waals surface area contributed by atoms with Crippen LogP contribution in [-0.2, 0) is 11.2 Å². The van der Waals surface area contributed by atoms with E-state index in [2.05, 4.69) is 44.6 Å². The molecule has 17 heavy (non-hydrogen) atoms. The highest BCUT2D eigenvalue weighted by Crippen LogP contribution is 2.23. The van der Waals surface area contributed by atoms with E-state index in [0.29, 0.717) is 11.1 Å². The third-order valence-corrected chi connectivity index (χ3v) is 3.75. The molecular formula is C13H21ClN2S. The second kappa shape index (κ2) is 6.05. The van der Waals surface area contributed by atoms with E-state index in [0.717, 1.165) is 23.0 Å². The Morgan fingerprint density at radius 3 is 2.47 bits per heavy atom. The van der Waals surface area contributed by atoms with Gasteiger partial charge in [-0.05, 0) is 17.7 Å². The van der Waals surface area contributed by atoms with Crippen molar-refractivity contribution >= 4 is 23.4 Å². The van der Waals surface area contributed by atoms with E-state index >= 15 is 0 Å². The lowest BCUT2D eigenvalue weighted by atomic mass is 9.92. The zero-order chi connectivity index (χ0) is 13.1. The van der Waals surface area contributed by atoms with Crippen LogP contribution in [0, 0.1) is 5.92 Å². The SMILES string of the molecule is CC(C)CSCc1nc(Cl)cc(C(C)(C)C)n1. The molecule has 0 saturated heterocycles. The summed E-state index contributed by atoms with van der Waals surface area (Å²) >= 11 is 7.90. The molecule has 0 aliphatic carbocycles. The van der Waals surface area contributed by atoms with E-state index in [1.807, 2.05) is 17.8 Å². The average molecular weight is 273 g/mol. The van der Waals surface area contributed by atoms with Gasteiger partial charge in [0.1, 0.15) is 11.0 Å². The Morgan fingerprint density at radius 2 is 1.94 bits per heavy atom. The van der Waals surface area contributed by atoms with Gasteiger partial charge in [0.25, 0.3) is 0 Å². The highest BCUT2D eigenvalue weighted by atomic mass is 35.5. The van der Waals surface area contributed by atoms with Gasteiger partial charge in [0.2, 0.25) is 0 Å². The molecule has 96 valence electrons. The lowest BCUT2D eigenvalue weighted by Gasteiger charge is -2.18. The van der Waals surface area contributed by atoms with Crippen LogP contribution in [0.15, 0.2) is 6.07 Å². The van der Waals surface area contributed by atoms with Gasteiger partial charge in [-0.3, -0.25) is 0 Å². The summed E-state index contributed by atoms with van der Waals surface area (Å²) in [4.78, 5) is 8.86. The average Bonchev–Trinajstić information content (AvgIpc) is 2.14. The number of aromatic nitrogens is 2. The van der Waals surface area contributed by atoms with E-state index in [9.17, 15) is 0 Å². The Labute approximate surface area is 114 Å². The number of hydrogen-bond acceptors (Lipinski definition) is 3. The van der Waals surface area contributed by atoms with Gasteiger partial charge in [-0.2, -0.15) is 11.8 Å². The molecule has 1 aromatic heterocycles. The van der Waals surface area contributed by atoms with Gasteiger partial charge in [-0.25, -0.2) is 9.97 Å². The van der Waals surface area contributed by atoms with Crippen LogP contribution in [0.5, 0.6) is 0 Å². The van der Waals surface area contributed by atoms with Gasteiger partial charge < -0.3 is 0 Å². The maximum atomic E-state index is 6.04. The van der Waals surface area contributed by atoms with Crippen molar-refractivity contribution in [1.29, 1.82) is 0 Å². The molecule has 0 unspecified atom stereocenters. The molecule has 0 aromatic carbocycles. The normalized spacial score (nSPS) is 12.2. The van der Waals surface area contributed by atoms with Crippen LogP contribution >= 0.6 is 23.4 Å². The molecule has 0 saturated carbocycles. The zero-order valence-electron chi connectivity index (χ0n) is 11.2. The minimum absolute atomic E-state index is 0.0179. The van der Waals surface area contributed by atoms with E-state index in [1.54, 1.807) is 0 Å². The monoisotopic (exact) mass is 272 g/mol. The van der Waals surface area contributed by atoms with Gasteiger partial charge in [0.15, 0.2) is 0 Å². The Balaban J connectivity index is 2.76. The molecule has 0 bridgehead atoms. The van der Waals surface area contributed by atoms with Crippen molar-refractivity contribution in [2.45, 2.75) is 45.8 Å². The van der Waals surface area contributed by atoms with E-state index in [-0.39, 0.29) is 5.41 Å². The van der Waals surface area contributed by atoms with Crippen LogP contribution in [0.3, 0.4) is 0 Å². The summed E-state index contributed by atoms with van der Waals surface area (Å²) in [5, 5.41) is 0.546. The number of nitrogens with zero attached hydrogens (tertiary/aromatic N) is 2. The van der Waals surface area contributed by atoms with Crippen molar-refractivity contribution in [2.24, 2.45) is 5.92 Å². The van der Waals surface area contributed by atoms with Crippen LogP contribution in [0.1, 0.15) is 46.1 Å². The maximum absolute atomic E-state index is 6.04. The fourth-order valence-electron chi connectivity index (χ4n) is 1.30. The summed E-state index contributed by atoms with van der Waals surface area (Å²) in [7, 11) is 0. The summed E-state index contributed by atoms with van der Waals surface area (Å²) in [5.74, 6) is 3.50. The molecule has 1 rings (SSSR count). The molecule has 4 heteroatoms. The number of rotatable bonds is 4. The van der Waals surface area contributed by atoms with Gasteiger partial charge in [-0.1, -0.05) is 46.2 Å². The topological polar surface area (TPSA) is 25.8 Å². The molecule has 0 aliphatic heterocycles. The first-order valence-electron chi connectivity index (χ1n) is 5.90. The fraction of sp³-hybridized carbons (Fsp3) is 0.692. The first-order valence-corrected chi connectivity index (χ1v) is 7.44. The molecule has 0 amide bonds. The number of hydrogen-bond donors (Lipinski definition) is 0. The lowest BCUT2D eigenvalue weighted by Crippen LogP contribution is -2.15. The van der Waals surface area contributed by atoms with Gasteiger partial charge in [0.05, 0.1) is 11.4 Å². The third kappa shape index (κ3) is 5.26. The van der Waals surface area contributed by atoms with E-state index in [4.69, 9.17) is 11.6 Å². The van der Waals surface area contributed by atoms with Crippen LogP contribution < -0.4 is 0 Å². The summed E-state index contributed by atoms with van der Waals surface area (Å²) in [5.41, 5.74) is 1.03. The fourth-order valence-corrected chi connectivity index (χ4v) is 2.40. The molecule has 0 spiro atoms. The van der Waals surface area contributed by atoms with Crippen LogP contribution in [0.25, 0.3) is 0 Å². The predicted molar refractivity (Wildman–Crippen MR) is 76.7 cm³/mol. The van der Waals surface area contributed by atoms with Crippen LogP contribution in [0.2, 0.25) is 5.15 Å². The second-order valence-electron chi connectivity index (χ2n) is 5.65. The van der Waals surface area contributed by atoms with Crippen LogP contribution in [0.4, 0.5) is 0 Å². The second-order valence-corrected chi connectivity index (χ2v) is 7.07. The van der Waals surface area contributed by atoms with E-state index < -0.39 is 0 Å². The van der Waals surface area contributed by atoms with Crippen molar-refractivity contribution in [2.75, 3.05) is 5.75 Å². The van der Waals surface area contributed by atoms with Gasteiger partial charge >= 0.3 is 0 Å². The standard InChI is InChI=1S/C13H21ClN2S/c1-9(2)7-17-8-12-15-10(13(3,4)5)6-11(14)16-12/h6,9H,7-8H2,1-5H3. The van der Waals surface area contributed by atoms with Crippen molar-refractivity contribution < 1.29 is 0 Å². The van der Waals surface area contributed by atoms with Crippen molar-refractivity contribution in [1.82, 2.24) is 9.97 Å². The maximum Gasteiger partial charge on any atom is 0.140 e. The molecule has 1 heterocycles. The summed E-state index contributed by atoms with van der Waals surface area (Å²) in [6.07, 6.45) is 0. The lowest BCUT2D eigenvalue weighted by molar-refractivity contribution is 0.564. The summed E-state index contributed by atoms with van der Waals surface area (Å²) < 4.78 is 0. The third-order valence-electron chi connectivity index (χ3n) is 2.19. The molecule has 0 atom stereocenters. The first kappa shape index (κ1) is 14.8. The molecule has 0 aliphatic rings. The van der Waals surface area contributed by atoms with Crippen molar-refractivity contribution in [3.05, 3.63) is 22.7 Å². The summed E-state index contributed by atoms with van der Waals surface area (Å²) in [6, 6.07) is 1.86. The highest BCUT2D eigenvalue weighted by molar-refractivity contribution is 7.98. The minimum atomic E-state index is 0.0179. The molecular weight excluding hydrogens is 252 g/mol. The molecule has 0 N–H and O–H groups in total. The van der Waals surface area contributed by atoms with Crippen LogP contribution in [-0.4, -0.2) is 15.7 Å². The molecule has 0 radical (unpaired) electrons. The Hall–Kier alpha value is -0.280. The quantitative estimate of drug-likeness (QED) is 0.764. The van der Waals surface area contributed by atoms with Crippen molar-refractivity contribution in [3.63, 3.8) is 0 Å².